The molecule has 3 nitrogen and oxygen atoms in total. The Labute approximate surface area is 100 Å². The largest absolute Gasteiger partial charge is 0.388 e. The van der Waals surface area contributed by atoms with Gasteiger partial charge in [0.15, 0.2) is 0 Å². The van der Waals surface area contributed by atoms with Crippen LogP contribution in [0.15, 0.2) is 18.2 Å². The summed E-state index contributed by atoms with van der Waals surface area (Å²) >= 11 is 0. The lowest BCUT2D eigenvalue weighted by Crippen LogP contribution is -2.46. The molecule has 1 saturated heterocycles. The van der Waals surface area contributed by atoms with E-state index in [1.807, 2.05) is 11.0 Å². The number of hydrogen-bond donors (Lipinski definition) is 1. The number of β-amino-alcohol motifs (C(OH)–C–C–N with tert-alkyl or cyclic N) is 1. The zero-order valence-electron chi connectivity index (χ0n) is 9.78. The van der Waals surface area contributed by atoms with Crippen molar-refractivity contribution < 1.29 is 9.50 Å². The van der Waals surface area contributed by atoms with Crippen molar-refractivity contribution in [2.45, 2.75) is 25.4 Å². The molecular weight excluding hydrogens is 219 g/mol. The van der Waals surface area contributed by atoms with E-state index in [1.165, 1.54) is 6.07 Å². The summed E-state index contributed by atoms with van der Waals surface area (Å²) < 4.78 is 13.5. The predicted molar refractivity (Wildman–Crippen MR) is 63.2 cm³/mol. The fraction of sp³-hybridized carbons (Fsp3) is 0.462. The third-order valence-corrected chi connectivity index (χ3v) is 3.12. The van der Waals surface area contributed by atoms with Crippen LogP contribution in [-0.2, 0) is 0 Å². The van der Waals surface area contributed by atoms with Crippen LogP contribution in [0.2, 0.25) is 0 Å². The molecule has 0 saturated carbocycles. The molecule has 0 aliphatic carbocycles. The van der Waals surface area contributed by atoms with Gasteiger partial charge in [-0.3, -0.25) is 0 Å². The molecule has 17 heavy (non-hydrogen) atoms. The van der Waals surface area contributed by atoms with Crippen molar-refractivity contribution in [1.29, 1.82) is 5.26 Å². The number of aliphatic hydroxyl groups is 1. The average molecular weight is 234 g/mol. The monoisotopic (exact) mass is 234 g/mol. The Kier molecular flexibility index (Phi) is 3.03. The number of hydrogen-bond acceptors (Lipinski definition) is 3. The molecule has 1 aliphatic rings. The number of nitrogens with zero attached hydrogens (tertiary/aromatic N) is 2. The van der Waals surface area contributed by atoms with Gasteiger partial charge >= 0.3 is 0 Å². The van der Waals surface area contributed by atoms with Crippen molar-refractivity contribution in [3.63, 3.8) is 0 Å². The van der Waals surface area contributed by atoms with E-state index < -0.39 is 11.4 Å². The number of nitriles is 1. The number of rotatable bonds is 1. The van der Waals surface area contributed by atoms with Crippen LogP contribution in [0.1, 0.15) is 25.3 Å². The normalized spacial score (nSPS) is 24.5. The lowest BCUT2D eigenvalue weighted by Gasteiger charge is -2.38. The molecule has 1 aliphatic heterocycles. The molecule has 2 rings (SSSR count). The van der Waals surface area contributed by atoms with Crippen molar-refractivity contribution in [2.24, 2.45) is 0 Å². The summed E-state index contributed by atoms with van der Waals surface area (Å²) in [6.07, 6.45) is 1.58. The van der Waals surface area contributed by atoms with Crippen LogP contribution in [0.25, 0.3) is 0 Å². The molecule has 1 heterocycles. The molecule has 1 fully saturated rings. The smallest absolute Gasteiger partial charge is 0.143 e. The summed E-state index contributed by atoms with van der Waals surface area (Å²) in [6, 6.07) is 6.49. The van der Waals surface area contributed by atoms with Gasteiger partial charge in [0, 0.05) is 13.1 Å². The van der Waals surface area contributed by atoms with E-state index in [9.17, 15) is 9.50 Å². The topological polar surface area (TPSA) is 47.3 Å². The summed E-state index contributed by atoms with van der Waals surface area (Å²) in [7, 11) is 0. The minimum absolute atomic E-state index is 0.0604. The van der Waals surface area contributed by atoms with Crippen molar-refractivity contribution in [3.8, 4) is 6.07 Å². The van der Waals surface area contributed by atoms with Crippen LogP contribution in [0.3, 0.4) is 0 Å². The van der Waals surface area contributed by atoms with Crippen molar-refractivity contribution in [1.82, 2.24) is 0 Å². The maximum Gasteiger partial charge on any atom is 0.143 e. The number of halogens is 1. The van der Waals surface area contributed by atoms with E-state index in [1.54, 1.807) is 19.1 Å². The highest BCUT2D eigenvalue weighted by molar-refractivity contribution is 5.60. The first-order chi connectivity index (χ1) is 8.03. The molecule has 1 N–H and O–H groups in total. The molecule has 1 unspecified atom stereocenters. The van der Waals surface area contributed by atoms with E-state index in [4.69, 9.17) is 5.26 Å². The maximum absolute atomic E-state index is 13.5. The van der Waals surface area contributed by atoms with E-state index in [2.05, 4.69) is 0 Å². The number of anilines is 1. The van der Waals surface area contributed by atoms with Crippen LogP contribution in [0.5, 0.6) is 0 Å². The molecule has 0 spiro atoms. The van der Waals surface area contributed by atoms with Gasteiger partial charge in [0.05, 0.1) is 11.3 Å². The van der Waals surface area contributed by atoms with Gasteiger partial charge < -0.3 is 10.0 Å². The second kappa shape index (κ2) is 4.34. The van der Waals surface area contributed by atoms with Crippen LogP contribution in [0.4, 0.5) is 10.1 Å². The minimum atomic E-state index is -0.767. The highest BCUT2D eigenvalue weighted by Crippen LogP contribution is 2.29. The summed E-state index contributed by atoms with van der Waals surface area (Å²) in [5.41, 5.74) is -0.130. The summed E-state index contributed by atoms with van der Waals surface area (Å²) in [6.45, 7) is 2.95. The van der Waals surface area contributed by atoms with Gasteiger partial charge in [-0.2, -0.15) is 5.26 Å². The van der Waals surface area contributed by atoms with Gasteiger partial charge in [0.1, 0.15) is 17.4 Å². The molecule has 0 bridgehead atoms. The second-order valence-corrected chi connectivity index (χ2v) is 4.77. The van der Waals surface area contributed by atoms with Crippen LogP contribution >= 0.6 is 0 Å². The number of benzene rings is 1. The first kappa shape index (κ1) is 11.9. The predicted octanol–water partition coefficient (Wildman–Crippen LogP) is 2.05. The minimum Gasteiger partial charge on any atom is -0.388 e. The Hall–Kier alpha value is -1.60. The van der Waals surface area contributed by atoms with Gasteiger partial charge in [0.25, 0.3) is 0 Å². The Morgan fingerprint density at radius 3 is 2.94 bits per heavy atom. The molecular formula is C13H15FN2O. The fourth-order valence-corrected chi connectivity index (χ4v) is 2.31. The highest BCUT2D eigenvalue weighted by atomic mass is 19.1. The van der Waals surface area contributed by atoms with Crippen molar-refractivity contribution >= 4 is 5.69 Å². The number of piperidine rings is 1. The molecule has 1 atom stereocenters. The van der Waals surface area contributed by atoms with E-state index >= 15 is 0 Å². The average Bonchev–Trinajstić information content (AvgIpc) is 2.27. The van der Waals surface area contributed by atoms with E-state index in [0.717, 1.165) is 19.4 Å². The van der Waals surface area contributed by atoms with E-state index in [0.29, 0.717) is 12.2 Å². The first-order valence-corrected chi connectivity index (χ1v) is 5.69. The van der Waals surface area contributed by atoms with Crippen LogP contribution in [0, 0.1) is 17.1 Å². The lowest BCUT2D eigenvalue weighted by atomic mass is 9.94. The Morgan fingerprint density at radius 1 is 1.53 bits per heavy atom. The Bertz CT molecular complexity index is 465. The second-order valence-electron chi connectivity index (χ2n) is 4.77. The van der Waals surface area contributed by atoms with Gasteiger partial charge in [-0.1, -0.05) is 6.07 Å². The molecule has 4 heteroatoms. The third-order valence-electron chi connectivity index (χ3n) is 3.12. The van der Waals surface area contributed by atoms with Gasteiger partial charge in [0.2, 0.25) is 0 Å². The Morgan fingerprint density at radius 2 is 2.29 bits per heavy atom. The maximum atomic E-state index is 13.5. The molecule has 0 amide bonds. The zero-order valence-corrected chi connectivity index (χ0v) is 9.78. The van der Waals surface area contributed by atoms with Crippen molar-refractivity contribution in [2.75, 3.05) is 18.0 Å². The summed E-state index contributed by atoms with van der Waals surface area (Å²) in [4.78, 5) is 1.88. The van der Waals surface area contributed by atoms with Gasteiger partial charge in [-0.05, 0) is 31.9 Å². The van der Waals surface area contributed by atoms with E-state index in [-0.39, 0.29) is 5.56 Å². The highest BCUT2D eigenvalue weighted by Gasteiger charge is 2.29. The summed E-state index contributed by atoms with van der Waals surface area (Å²) in [5.74, 6) is -0.504. The van der Waals surface area contributed by atoms with Crippen LogP contribution < -0.4 is 4.90 Å². The third kappa shape index (κ3) is 2.40. The molecule has 0 aromatic heterocycles. The van der Waals surface area contributed by atoms with Gasteiger partial charge in [-0.15, -0.1) is 0 Å². The molecule has 0 radical (unpaired) electrons. The fourth-order valence-electron chi connectivity index (χ4n) is 2.31. The Balaban J connectivity index is 2.35. The van der Waals surface area contributed by atoms with Crippen LogP contribution in [-0.4, -0.2) is 23.8 Å². The van der Waals surface area contributed by atoms with Gasteiger partial charge in [-0.25, -0.2) is 4.39 Å². The summed E-state index contributed by atoms with van der Waals surface area (Å²) in [5, 5.41) is 19.0. The molecule has 90 valence electrons. The molecule has 1 aromatic rings. The van der Waals surface area contributed by atoms with Crippen molar-refractivity contribution in [3.05, 3.63) is 29.6 Å². The standard InChI is InChI=1S/C13H15FN2O/c1-13(17)6-3-7-16(9-13)12-5-2-4-11(14)10(12)8-15/h2,4-5,17H,3,6-7,9H2,1H3. The molecule has 1 aromatic carbocycles. The SMILES string of the molecule is CC1(O)CCCN(c2cccc(F)c2C#N)C1. The lowest BCUT2D eigenvalue weighted by molar-refractivity contribution is 0.0449. The first-order valence-electron chi connectivity index (χ1n) is 5.69. The quantitative estimate of drug-likeness (QED) is 0.809. The zero-order chi connectivity index (χ0) is 12.5.